The standard InChI is InChI=1S/C13H20N2O6S/c1-14-7-6-11(16)13(19)9-2-4-10(5-3-9)22(20,21)15-8-12(17)18/h2-5,11,13-16,19H,6-8H2,1H3,(H,17,18). The average molecular weight is 332 g/mol. The van der Waals surface area contributed by atoms with Gasteiger partial charge in [-0.1, -0.05) is 12.1 Å². The number of nitrogens with one attached hydrogen (secondary N) is 2. The molecule has 0 radical (unpaired) electrons. The van der Waals surface area contributed by atoms with Crippen LogP contribution < -0.4 is 10.0 Å². The van der Waals surface area contributed by atoms with Crippen LogP contribution in [0.25, 0.3) is 0 Å². The molecule has 9 heteroatoms. The van der Waals surface area contributed by atoms with E-state index in [1.165, 1.54) is 24.3 Å². The number of aliphatic hydroxyl groups excluding tert-OH is 2. The lowest BCUT2D eigenvalue weighted by Crippen LogP contribution is -2.29. The van der Waals surface area contributed by atoms with Crippen LogP contribution in [0, 0.1) is 0 Å². The quantitative estimate of drug-likeness (QED) is 0.393. The van der Waals surface area contributed by atoms with E-state index in [0.29, 0.717) is 18.5 Å². The molecule has 22 heavy (non-hydrogen) atoms. The summed E-state index contributed by atoms with van der Waals surface area (Å²) in [5.74, 6) is -1.29. The Labute approximate surface area is 128 Å². The van der Waals surface area contributed by atoms with Crippen molar-refractivity contribution < 1.29 is 28.5 Å². The first-order chi connectivity index (χ1) is 10.3. The number of carboxylic acid groups (broad SMARTS) is 1. The minimum atomic E-state index is -3.92. The van der Waals surface area contributed by atoms with E-state index < -0.39 is 34.7 Å². The van der Waals surface area contributed by atoms with Crippen molar-refractivity contribution in [3.63, 3.8) is 0 Å². The van der Waals surface area contributed by atoms with Crippen molar-refractivity contribution in [3.05, 3.63) is 29.8 Å². The van der Waals surface area contributed by atoms with E-state index in [9.17, 15) is 23.4 Å². The van der Waals surface area contributed by atoms with Gasteiger partial charge >= 0.3 is 5.97 Å². The highest BCUT2D eigenvalue weighted by molar-refractivity contribution is 7.89. The summed E-state index contributed by atoms with van der Waals surface area (Å²) in [7, 11) is -2.19. The number of carbonyl (C=O) groups is 1. The lowest BCUT2D eigenvalue weighted by Gasteiger charge is -2.18. The zero-order valence-electron chi connectivity index (χ0n) is 12.1. The first-order valence-electron chi connectivity index (χ1n) is 6.60. The second-order valence-corrected chi connectivity index (χ2v) is 6.46. The molecule has 0 spiro atoms. The fourth-order valence-corrected chi connectivity index (χ4v) is 2.73. The Hall–Kier alpha value is -1.52. The number of hydrogen-bond acceptors (Lipinski definition) is 6. The summed E-state index contributed by atoms with van der Waals surface area (Å²) >= 11 is 0. The number of carboxylic acids is 1. The molecular weight excluding hydrogens is 312 g/mol. The molecule has 0 aliphatic rings. The van der Waals surface area contributed by atoms with Gasteiger partial charge in [-0.25, -0.2) is 8.42 Å². The van der Waals surface area contributed by atoms with Crippen LogP contribution in [-0.4, -0.2) is 55.9 Å². The molecule has 2 unspecified atom stereocenters. The van der Waals surface area contributed by atoms with Gasteiger partial charge in [0.1, 0.15) is 12.6 Å². The number of sulfonamides is 1. The average Bonchev–Trinajstić information content (AvgIpc) is 2.50. The van der Waals surface area contributed by atoms with Gasteiger partial charge < -0.3 is 20.6 Å². The highest BCUT2D eigenvalue weighted by atomic mass is 32.2. The lowest BCUT2D eigenvalue weighted by molar-refractivity contribution is -0.135. The predicted molar refractivity (Wildman–Crippen MR) is 78.8 cm³/mol. The Morgan fingerprint density at radius 1 is 1.23 bits per heavy atom. The molecule has 124 valence electrons. The van der Waals surface area contributed by atoms with Crippen LogP contribution in [0.4, 0.5) is 0 Å². The molecule has 0 heterocycles. The highest BCUT2D eigenvalue weighted by Crippen LogP contribution is 2.20. The molecule has 5 N–H and O–H groups in total. The largest absolute Gasteiger partial charge is 0.480 e. The molecule has 0 bridgehead atoms. The van der Waals surface area contributed by atoms with Gasteiger partial charge in [-0.3, -0.25) is 4.79 Å². The zero-order chi connectivity index (χ0) is 16.8. The van der Waals surface area contributed by atoms with Crippen molar-refractivity contribution in [2.24, 2.45) is 0 Å². The van der Waals surface area contributed by atoms with E-state index in [1.54, 1.807) is 7.05 Å². The van der Waals surface area contributed by atoms with E-state index in [2.05, 4.69) is 5.32 Å². The summed E-state index contributed by atoms with van der Waals surface area (Å²) in [5.41, 5.74) is 0.376. The van der Waals surface area contributed by atoms with Gasteiger partial charge in [0.05, 0.1) is 11.0 Å². The van der Waals surface area contributed by atoms with Crippen LogP contribution in [0.15, 0.2) is 29.2 Å². The summed E-state index contributed by atoms with van der Waals surface area (Å²) in [4.78, 5) is 10.3. The monoisotopic (exact) mass is 332 g/mol. The second kappa shape index (κ2) is 8.20. The maximum absolute atomic E-state index is 11.8. The fourth-order valence-electron chi connectivity index (χ4n) is 1.76. The van der Waals surface area contributed by atoms with Crippen molar-refractivity contribution in [2.75, 3.05) is 20.1 Å². The minimum absolute atomic E-state index is 0.116. The van der Waals surface area contributed by atoms with Gasteiger partial charge in [0, 0.05) is 0 Å². The van der Waals surface area contributed by atoms with Gasteiger partial charge in [0.25, 0.3) is 0 Å². The van der Waals surface area contributed by atoms with Crippen molar-refractivity contribution in [2.45, 2.75) is 23.5 Å². The van der Waals surface area contributed by atoms with E-state index in [4.69, 9.17) is 5.11 Å². The summed E-state index contributed by atoms with van der Waals surface area (Å²) in [6.45, 7) is -0.181. The number of aliphatic hydroxyl groups is 2. The molecule has 0 aliphatic heterocycles. The third kappa shape index (κ3) is 5.35. The van der Waals surface area contributed by atoms with Crippen molar-refractivity contribution in [1.82, 2.24) is 10.0 Å². The fraction of sp³-hybridized carbons (Fsp3) is 0.462. The van der Waals surface area contributed by atoms with Crippen LogP contribution in [-0.2, 0) is 14.8 Å². The Balaban J connectivity index is 2.79. The van der Waals surface area contributed by atoms with Gasteiger partial charge in [0.15, 0.2) is 0 Å². The molecule has 0 aromatic heterocycles. The van der Waals surface area contributed by atoms with Crippen molar-refractivity contribution >= 4 is 16.0 Å². The molecule has 0 aliphatic carbocycles. The molecule has 8 nitrogen and oxygen atoms in total. The summed E-state index contributed by atoms with van der Waals surface area (Å²) < 4.78 is 25.5. The minimum Gasteiger partial charge on any atom is -0.480 e. The van der Waals surface area contributed by atoms with Crippen LogP contribution in [0.3, 0.4) is 0 Å². The summed E-state index contributed by atoms with van der Waals surface area (Å²) in [5, 5.41) is 31.1. The Morgan fingerprint density at radius 2 is 1.82 bits per heavy atom. The predicted octanol–water partition coefficient (Wildman–Crippen LogP) is -0.947. The van der Waals surface area contributed by atoms with E-state index >= 15 is 0 Å². The first-order valence-corrected chi connectivity index (χ1v) is 8.08. The SMILES string of the molecule is CNCCC(O)C(O)c1ccc(S(=O)(=O)NCC(=O)O)cc1. The van der Waals surface area contributed by atoms with Crippen molar-refractivity contribution in [1.29, 1.82) is 0 Å². The zero-order valence-corrected chi connectivity index (χ0v) is 12.9. The molecule has 0 saturated heterocycles. The van der Waals surface area contributed by atoms with Crippen LogP contribution in [0.1, 0.15) is 18.1 Å². The molecule has 0 fully saturated rings. The lowest BCUT2D eigenvalue weighted by atomic mass is 10.0. The molecular formula is C13H20N2O6S. The Morgan fingerprint density at radius 3 is 2.32 bits per heavy atom. The van der Waals surface area contributed by atoms with Gasteiger partial charge in [-0.15, -0.1) is 0 Å². The molecule has 1 aromatic rings. The number of benzene rings is 1. The molecule has 0 saturated carbocycles. The molecule has 1 rings (SSSR count). The second-order valence-electron chi connectivity index (χ2n) is 4.69. The van der Waals surface area contributed by atoms with Gasteiger partial charge in [0.2, 0.25) is 10.0 Å². The van der Waals surface area contributed by atoms with E-state index in [0.717, 1.165) is 0 Å². The smallest absolute Gasteiger partial charge is 0.318 e. The van der Waals surface area contributed by atoms with Gasteiger partial charge in [-0.2, -0.15) is 4.72 Å². The summed E-state index contributed by atoms with van der Waals surface area (Å²) in [6, 6.07) is 5.24. The Kier molecular flexibility index (Phi) is 6.91. The third-order valence-corrected chi connectivity index (χ3v) is 4.42. The van der Waals surface area contributed by atoms with Crippen molar-refractivity contribution in [3.8, 4) is 0 Å². The number of hydrogen-bond donors (Lipinski definition) is 5. The van der Waals surface area contributed by atoms with E-state index in [1.807, 2.05) is 4.72 Å². The van der Waals surface area contributed by atoms with Crippen LogP contribution in [0.2, 0.25) is 0 Å². The molecule has 2 atom stereocenters. The topological polar surface area (TPSA) is 136 Å². The number of rotatable bonds is 9. The van der Waals surface area contributed by atoms with E-state index in [-0.39, 0.29) is 4.90 Å². The number of aliphatic carboxylic acids is 1. The first kappa shape index (κ1) is 18.5. The molecule has 0 amide bonds. The third-order valence-electron chi connectivity index (χ3n) is 3.00. The maximum Gasteiger partial charge on any atom is 0.318 e. The van der Waals surface area contributed by atoms with Gasteiger partial charge in [-0.05, 0) is 37.7 Å². The van der Waals surface area contributed by atoms with Crippen LogP contribution >= 0.6 is 0 Å². The molecule has 1 aromatic carbocycles. The Bertz CT molecular complexity index is 587. The normalized spacial score (nSPS) is 14.5. The van der Waals surface area contributed by atoms with Crippen LogP contribution in [0.5, 0.6) is 0 Å². The summed E-state index contributed by atoms with van der Waals surface area (Å²) in [6.07, 6.45) is -1.75. The maximum atomic E-state index is 11.8. The highest BCUT2D eigenvalue weighted by Gasteiger charge is 2.20.